The number of hydrogen-bond acceptors (Lipinski definition) is 3. The minimum Gasteiger partial charge on any atom is -0.394 e. The number of hydrogen-bond donors (Lipinski definition) is 1. The molecule has 0 spiro atoms. The Labute approximate surface area is 89.7 Å². The standard InChI is InChI=1S/C11H18N2O2/c1-8(2)10(15-3)7-13-6-4-5-9(12)11(13)14/h4-6,8,10H,7,12H2,1-3H3. The number of aromatic nitrogens is 1. The van der Waals surface area contributed by atoms with E-state index in [4.69, 9.17) is 10.5 Å². The normalized spacial score (nSPS) is 13.1. The summed E-state index contributed by atoms with van der Waals surface area (Å²) >= 11 is 0. The molecule has 1 heterocycles. The zero-order valence-electron chi connectivity index (χ0n) is 9.43. The van der Waals surface area contributed by atoms with Crippen molar-refractivity contribution in [1.82, 2.24) is 4.57 Å². The molecule has 1 rings (SSSR count). The first-order valence-electron chi connectivity index (χ1n) is 5.04. The van der Waals surface area contributed by atoms with E-state index in [-0.39, 0.29) is 17.4 Å². The minimum atomic E-state index is -0.153. The van der Waals surface area contributed by atoms with E-state index in [1.165, 1.54) is 0 Å². The van der Waals surface area contributed by atoms with Gasteiger partial charge in [-0.05, 0) is 18.1 Å². The molecule has 1 aromatic rings. The van der Waals surface area contributed by atoms with Crippen molar-refractivity contribution in [2.75, 3.05) is 12.8 Å². The van der Waals surface area contributed by atoms with E-state index in [0.717, 1.165) is 0 Å². The van der Waals surface area contributed by atoms with E-state index < -0.39 is 0 Å². The van der Waals surface area contributed by atoms with Crippen LogP contribution in [0.2, 0.25) is 0 Å². The minimum absolute atomic E-state index is 0.0319. The highest BCUT2D eigenvalue weighted by atomic mass is 16.5. The lowest BCUT2D eigenvalue weighted by atomic mass is 10.1. The van der Waals surface area contributed by atoms with Crippen LogP contribution in [0.15, 0.2) is 23.1 Å². The number of ether oxygens (including phenoxy) is 1. The third-order valence-corrected chi connectivity index (χ3v) is 2.47. The Morgan fingerprint density at radius 3 is 2.73 bits per heavy atom. The molecule has 0 amide bonds. The van der Waals surface area contributed by atoms with Crippen LogP contribution in [0.4, 0.5) is 5.69 Å². The smallest absolute Gasteiger partial charge is 0.273 e. The van der Waals surface area contributed by atoms with Crippen molar-refractivity contribution < 1.29 is 4.74 Å². The summed E-state index contributed by atoms with van der Waals surface area (Å²) in [6.45, 7) is 4.66. The lowest BCUT2D eigenvalue weighted by Crippen LogP contribution is -2.31. The van der Waals surface area contributed by atoms with E-state index in [2.05, 4.69) is 13.8 Å². The number of pyridine rings is 1. The summed E-state index contributed by atoms with van der Waals surface area (Å²) < 4.78 is 6.90. The second kappa shape index (κ2) is 4.98. The molecule has 84 valence electrons. The van der Waals surface area contributed by atoms with Crippen LogP contribution in [-0.4, -0.2) is 17.8 Å². The van der Waals surface area contributed by atoms with Gasteiger partial charge in [-0.15, -0.1) is 0 Å². The van der Waals surface area contributed by atoms with Gasteiger partial charge in [-0.25, -0.2) is 0 Å². The highest BCUT2D eigenvalue weighted by molar-refractivity contribution is 5.33. The highest BCUT2D eigenvalue weighted by Gasteiger charge is 2.13. The van der Waals surface area contributed by atoms with E-state index >= 15 is 0 Å². The first-order valence-corrected chi connectivity index (χ1v) is 5.04. The van der Waals surface area contributed by atoms with Crippen molar-refractivity contribution in [2.45, 2.75) is 26.5 Å². The monoisotopic (exact) mass is 210 g/mol. The third kappa shape index (κ3) is 2.83. The summed E-state index contributed by atoms with van der Waals surface area (Å²) in [6, 6.07) is 3.37. The van der Waals surface area contributed by atoms with E-state index in [1.807, 2.05) is 0 Å². The first kappa shape index (κ1) is 11.8. The molecule has 1 aromatic heterocycles. The van der Waals surface area contributed by atoms with Gasteiger partial charge < -0.3 is 15.0 Å². The Bertz CT molecular complexity index is 371. The molecule has 1 atom stereocenters. The molecule has 0 fully saturated rings. The quantitative estimate of drug-likeness (QED) is 0.809. The van der Waals surface area contributed by atoms with Crippen LogP contribution in [0.5, 0.6) is 0 Å². The number of anilines is 1. The third-order valence-electron chi connectivity index (χ3n) is 2.47. The van der Waals surface area contributed by atoms with E-state index in [1.54, 1.807) is 30.0 Å². The molecule has 4 heteroatoms. The number of nitrogens with two attached hydrogens (primary N) is 1. The molecule has 0 aliphatic heterocycles. The van der Waals surface area contributed by atoms with Crippen LogP contribution in [-0.2, 0) is 11.3 Å². The number of nitrogen functional groups attached to an aromatic ring is 1. The number of rotatable bonds is 4. The lowest BCUT2D eigenvalue weighted by Gasteiger charge is -2.20. The molecular weight excluding hydrogens is 192 g/mol. The van der Waals surface area contributed by atoms with E-state index in [9.17, 15) is 4.79 Å². The summed E-state index contributed by atoms with van der Waals surface area (Å²) in [6.07, 6.45) is 1.76. The van der Waals surface area contributed by atoms with E-state index in [0.29, 0.717) is 12.5 Å². The molecule has 2 N–H and O–H groups in total. The van der Waals surface area contributed by atoms with Gasteiger partial charge in [0.05, 0.1) is 18.3 Å². The average molecular weight is 210 g/mol. The highest BCUT2D eigenvalue weighted by Crippen LogP contribution is 2.07. The Kier molecular flexibility index (Phi) is 3.91. The van der Waals surface area contributed by atoms with Crippen LogP contribution in [0.3, 0.4) is 0 Å². The molecule has 4 nitrogen and oxygen atoms in total. The van der Waals surface area contributed by atoms with Gasteiger partial charge in [-0.3, -0.25) is 4.79 Å². The Balaban J connectivity index is 2.89. The summed E-state index contributed by atoms with van der Waals surface area (Å²) in [5.74, 6) is 0.364. The van der Waals surface area contributed by atoms with Crippen LogP contribution >= 0.6 is 0 Å². The maximum absolute atomic E-state index is 11.6. The second-order valence-electron chi connectivity index (χ2n) is 3.94. The van der Waals surface area contributed by atoms with Gasteiger partial charge in [0.2, 0.25) is 0 Å². The van der Waals surface area contributed by atoms with Crippen molar-refractivity contribution in [3.8, 4) is 0 Å². The molecule has 1 unspecified atom stereocenters. The molecule has 0 saturated heterocycles. The Morgan fingerprint density at radius 2 is 2.20 bits per heavy atom. The summed E-state index contributed by atoms with van der Waals surface area (Å²) in [4.78, 5) is 11.6. The summed E-state index contributed by atoms with van der Waals surface area (Å²) in [5.41, 5.74) is 5.66. The van der Waals surface area contributed by atoms with Gasteiger partial charge in [0.25, 0.3) is 5.56 Å². The van der Waals surface area contributed by atoms with Crippen molar-refractivity contribution in [1.29, 1.82) is 0 Å². The molecule has 0 saturated carbocycles. The van der Waals surface area contributed by atoms with Gasteiger partial charge in [0, 0.05) is 13.3 Å². The van der Waals surface area contributed by atoms with Gasteiger partial charge in [-0.2, -0.15) is 0 Å². The molecule has 0 aliphatic rings. The predicted octanol–water partition coefficient (Wildman–Crippen LogP) is 1.10. The zero-order chi connectivity index (χ0) is 11.4. The van der Waals surface area contributed by atoms with Crippen molar-refractivity contribution in [3.05, 3.63) is 28.7 Å². The molecule has 15 heavy (non-hydrogen) atoms. The zero-order valence-corrected chi connectivity index (χ0v) is 9.43. The average Bonchev–Trinajstić information content (AvgIpc) is 2.19. The van der Waals surface area contributed by atoms with Crippen LogP contribution in [0.25, 0.3) is 0 Å². The van der Waals surface area contributed by atoms with Crippen molar-refractivity contribution >= 4 is 5.69 Å². The fourth-order valence-electron chi connectivity index (χ4n) is 1.45. The molecule has 0 aromatic carbocycles. The van der Waals surface area contributed by atoms with Gasteiger partial charge >= 0.3 is 0 Å². The van der Waals surface area contributed by atoms with Crippen molar-refractivity contribution in [3.63, 3.8) is 0 Å². The first-order chi connectivity index (χ1) is 7.06. The summed E-state index contributed by atoms with van der Waals surface area (Å²) in [5, 5.41) is 0. The fraction of sp³-hybridized carbons (Fsp3) is 0.545. The molecule has 0 bridgehead atoms. The van der Waals surface area contributed by atoms with Gasteiger partial charge in [-0.1, -0.05) is 13.8 Å². The van der Waals surface area contributed by atoms with Gasteiger partial charge in [0.1, 0.15) is 0 Å². The largest absolute Gasteiger partial charge is 0.394 e. The number of methoxy groups -OCH3 is 1. The fourth-order valence-corrected chi connectivity index (χ4v) is 1.45. The van der Waals surface area contributed by atoms with Crippen LogP contribution in [0, 0.1) is 5.92 Å². The molecule has 0 aliphatic carbocycles. The maximum atomic E-state index is 11.6. The lowest BCUT2D eigenvalue weighted by molar-refractivity contribution is 0.0504. The maximum Gasteiger partial charge on any atom is 0.273 e. The van der Waals surface area contributed by atoms with Gasteiger partial charge in [0.15, 0.2) is 0 Å². The summed E-state index contributed by atoms with van der Waals surface area (Å²) in [7, 11) is 1.65. The SMILES string of the molecule is COC(Cn1cccc(N)c1=O)C(C)C. The molecule has 0 radical (unpaired) electrons. The van der Waals surface area contributed by atoms with Crippen LogP contribution < -0.4 is 11.3 Å². The topological polar surface area (TPSA) is 57.2 Å². The number of nitrogens with zero attached hydrogens (tertiary/aromatic N) is 1. The second-order valence-corrected chi connectivity index (χ2v) is 3.94. The van der Waals surface area contributed by atoms with Crippen molar-refractivity contribution in [2.24, 2.45) is 5.92 Å². The predicted molar refractivity (Wildman–Crippen MR) is 60.7 cm³/mol. The Morgan fingerprint density at radius 1 is 1.53 bits per heavy atom. The Hall–Kier alpha value is -1.29. The molecular formula is C11H18N2O2. The van der Waals surface area contributed by atoms with Crippen LogP contribution in [0.1, 0.15) is 13.8 Å².